The lowest BCUT2D eigenvalue weighted by atomic mass is 10.1. The SMILES string of the molecule is Nn1c(SCc2ccc3cc(CSc4nnc(-c5ccccc5)n4N)ccc3c2)nnc1-c1ccccc1. The highest BCUT2D eigenvalue weighted by Crippen LogP contribution is 2.28. The lowest BCUT2D eigenvalue weighted by molar-refractivity contribution is 0.849. The van der Waals surface area contributed by atoms with Crippen LogP contribution in [0.25, 0.3) is 33.5 Å². The highest BCUT2D eigenvalue weighted by atomic mass is 32.2. The van der Waals surface area contributed by atoms with E-state index in [1.165, 1.54) is 21.9 Å². The number of nitrogen functional groups attached to an aromatic ring is 2. The molecule has 0 saturated heterocycles. The van der Waals surface area contributed by atoms with Crippen LogP contribution in [-0.2, 0) is 11.5 Å². The van der Waals surface area contributed by atoms with Crippen LogP contribution in [0.5, 0.6) is 0 Å². The monoisotopic (exact) mass is 536 g/mol. The van der Waals surface area contributed by atoms with Gasteiger partial charge in [-0.2, -0.15) is 0 Å². The van der Waals surface area contributed by atoms with Crippen molar-refractivity contribution >= 4 is 34.3 Å². The summed E-state index contributed by atoms with van der Waals surface area (Å²) in [6, 6.07) is 32.7. The number of nitrogens with two attached hydrogens (primary N) is 2. The van der Waals surface area contributed by atoms with E-state index in [-0.39, 0.29) is 0 Å². The van der Waals surface area contributed by atoms with Crippen molar-refractivity contribution in [3.05, 3.63) is 108 Å². The van der Waals surface area contributed by atoms with E-state index >= 15 is 0 Å². The summed E-state index contributed by atoms with van der Waals surface area (Å²) >= 11 is 3.14. The zero-order valence-corrected chi connectivity index (χ0v) is 21.9. The molecule has 6 aromatic rings. The summed E-state index contributed by atoms with van der Waals surface area (Å²) in [6.07, 6.45) is 0. The van der Waals surface area contributed by atoms with Crippen molar-refractivity contribution in [2.45, 2.75) is 21.8 Å². The smallest absolute Gasteiger partial charge is 0.210 e. The summed E-state index contributed by atoms with van der Waals surface area (Å²) in [6.45, 7) is 0. The average Bonchev–Trinajstić information content (AvgIpc) is 3.53. The number of hydrogen-bond acceptors (Lipinski definition) is 8. The minimum absolute atomic E-state index is 0.654. The first-order valence-corrected chi connectivity index (χ1v) is 13.9. The maximum atomic E-state index is 6.27. The number of rotatable bonds is 8. The quantitative estimate of drug-likeness (QED) is 0.197. The van der Waals surface area contributed by atoms with Gasteiger partial charge < -0.3 is 11.7 Å². The Morgan fingerprint density at radius 1 is 0.526 bits per heavy atom. The lowest BCUT2D eigenvalue weighted by Gasteiger charge is -2.07. The molecular formula is C28H24N8S2. The second-order valence-electron chi connectivity index (χ2n) is 8.68. The van der Waals surface area contributed by atoms with E-state index in [9.17, 15) is 0 Å². The lowest BCUT2D eigenvalue weighted by Crippen LogP contribution is -2.11. The van der Waals surface area contributed by atoms with Gasteiger partial charge in [-0.05, 0) is 21.9 Å². The molecule has 4 N–H and O–H groups in total. The van der Waals surface area contributed by atoms with Gasteiger partial charge in [-0.1, -0.05) is 121 Å². The molecule has 0 aliphatic heterocycles. The predicted molar refractivity (Wildman–Crippen MR) is 154 cm³/mol. The van der Waals surface area contributed by atoms with Crippen LogP contribution < -0.4 is 11.7 Å². The van der Waals surface area contributed by atoms with Gasteiger partial charge in [0.1, 0.15) is 0 Å². The molecule has 38 heavy (non-hydrogen) atoms. The van der Waals surface area contributed by atoms with Crippen LogP contribution in [0.4, 0.5) is 0 Å². The molecule has 8 nitrogen and oxygen atoms in total. The largest absolute Gasteiger partial charge is 0.335 e. The number of hydrogen-bond donors (Lipinski definition) is 2. The maximum Gasteiger partial charge on any atom is 0.210 e. The first kappa shape index (κ1) is 24.1. The fraction of sp³-hybridized carbons (Fsp3) is 0.0714. The van der Waals surface area contributed by atoms with E-state index in [1.54, 1.807) is 32.9 Å². The van der Waals surface area contributed by atoms with Gasteiger partial charge in [0.25, 0.3) is 0 Å². The Balaban J connectivity index is 1.11. The Labute approximate surface area is 228 Å². The second kappa shape index (κ2) is 10.6. The molecule has 0 fully saturated rings. The summed E-state index contributed by atoms with van der Waals surface area (Å²) in [5.41, 5.74) is 4.27. The van der Waals surface area contributed by atoms with E-state index in [0.717, 1.165) is 22.6 Å². The molecule has 0 atom stereocenters. The molecule has 0 unspecified atom stereocenters. The number of nitrogens with zero attached hydrogens (tertiary/aromatic N) is 6. The standard InChI is InChI=1S/C28H24N8S2/c29-35-25(21-7-3-1-4-8-21)31-33-27(35)37-17-19-11-13-24-16-20(12-14-23(24)15-19)18-38-28-34-32-26(36(28)30)22-9-5-2-6-10-22/h1-16H,17-18,29-30H2. The number of fused-ring (bicyclic) bond motifs is 1. The van der Waals surface area contributed by atoms with E-state index in [1.807, 2.05) is 60.7 Å². The van der Waals surface area contributed by atoms with E-state index in [4.69, 9.17) is 11.7 Å². The summed E-state index contributed by atoms with van der Waals surface area (Å²) < 4.78 is 3.10. The second-order valence-corrected chi connectivity index (χ2v) is 10.6. The molecule has 0 aliphatic rings. The van der Waals surface area contributed by atoms with Crippen molar-refractivity contribution in [3.63, 3.8) is 0 Å². The molecule has 10 heteroatoms. The van der Waals surface area contributed by atoms with Crippen molar-refractivity contribution in [2.24, 2.45) is 0 Å². The number of benzene rings is 4. The highest BCUT2D eigenvalue weighted by Gasteiger charge is 2.13. The zero-order valence-electron chi connectivity index (χ0n) is 20.3. The van der Waals surface area contributed by atoms with Crippen LogP contribution in [0.3, 0.4) is 0 Å². The van der Waals surface area contributed by atoms with Gasteiger partial charge >= 0.3 is 0 Å². The molecule has 6 rings (SSSR count). The summed E-state index contributed by atoms with van der Waals surface area (Å²) in [7, 11) is 0. The van der Waals surface area contributed by atoms with E-state index < -0.39 is 0 Å². The Kier molecular flexibility index (Phi) is 6.72. The van der Waals surface area contributed by atoms with Crippen LogP contribution in [0.2, 0.25) is 0 Å². The van der Waals surface area contributed by atoms with Crippen LogP contribution in [0, 0.1) is 0 Å². The molecular weight excluding hydrogens is 512 g/mol. The number of thioether (sulfide) groups is 2. The van der Waals surface area contributed by atoms with Crippen molar-refractivity contribution in [1.82, 2.24) is 29.7 Å². The normalized spacial score (nSPS) is 11.3. The van der Waals surface area contributed by atoms with E-state index in [0.29, 0.717) is 22.0 Å². The van der Waals surface area contributed by atoms with Crippen molar-refractivity contribution in [3.8, 4) is 22.8 Å². The Morgan fingerprint density at radius 2 is 0.947 bits per heavy atom. The summed E-state index contributed by atoms with van der Waals surface area (Å²) in [4.78, 5) is 0. The van der Waals surface area contributed by atoms with Crippen LogP contribution in [0.15, 0.2) is 107 Å². The van der Waals surface area contributed by atoms with Crippen LogP contribution in [-0.4, -0.2) is 29.7 Å². The first-order chi connectivity index (χ1) is 18.7. The molecule has 188 valence electrons. The minimum atomic E-state index is 0.654. The number of aromatic nitrogens is 6. The molecule has 0 spiro atoms. The Bertz CT molecular complexity index is 1570. The molecule has 2 heterocycles. The molecule has 0 aliphatic carbocycles. The van der Waals surface area contributed by atoms with Crippen LogP contribution in [0.1, 0.15) is 11.1 Å². The van der Waals surface area contributed by atoms with Crippen molar-refractivity contribution < 1.29 is 0 Å². The molecule has 0 amide bonds. The fourth-order valence-corrected chi connectivity index (χ4v) is 5.74. The predicted octanol–water partition coefficient (Wildman–Crippen LogP) is 5.37. The molecule has 0 saturated carbocycles. The minimum Gasteiger partial charge on any atom is -0.335 e. The fourth-order valence-electron chi connectivity index (χ4n) is 4.14. The third-order valence-electron chi connectivity index (χ3n) is 6.10. The third kappa shape index (κ3) is 4.96. The van der Waals surface area contributed by atoms with E-state index in [2.05, 4.69) is 56.8 Å². The van der Waals surface area contributed by atoms with Gasteiger partial charge in [0.2, 0.25) is 10.3 Å². The zero-order chi connectivity index (χ0) is 25.9. The summed E-state index contributed by atoms with van der Waals surface area (Å²) in [5.74, 6) is 15.3. The van der Waals surface area contributed by atoms with Gasteiger partial charge in [-0.3, -0.25) is 0 Å². The van der Waals surface area contributed by atoms with Crippen molar-refractivity contribution in [1.29, 1.82) is 0 Å². The summed E-state index contributed by atoms with van der Waals surface area (Å²) in [5, 5.41) is 20.8. The Hall–Kier alpha value is -4.28. The molecule has 0 radical (unpaired) electrons. The first-order valence-electron chi connectivity index (χ1n) is 11.9. The van der Waals surface area contributed by atoms with Gasteiger partial charge in [-0.15, -0.1) is 20.4 Å². The average molecular weight is 537 g/mol. The molecule has 0 bridgehead atoms. The van der Waals surface area contributed by atoms with Gasteiger partial charge in [0, 0.05) is 22.6 Å². The van der Waals surface area contributed by atoms with Gasteiger partial charge in [0.05, 0.1) is 0 Å². The highest BCUT2D eigenvalue weighted by molar-refractivity contribution is 7.98. The van der Waals surface area contributed by atoms with Gasteiger partial charge in [-0.25, -0.2) is 9.35 Å². The Morgan fingerprint density at radius 3 is 1.37 bits per heavy atom. The maximum absolute atomic E-state index is 6.27. The molecule has 4 aromatic carbocycles. The third-order valence-corrected chi connectivity index (χ3v) is 8.13. The van der Waals surface area contributed by atoms with Crippen molar-refractivity contribution in [2.75, 3.05) is 11.7 Å². The topological polar surface area (TPSA) is 113 Å². The molecule has 2 aromatic heterocycles. The van der Waals surface area contributed by atoms with Crippen LogP contribution >= 0.6 is 23.5 Å². The van der Waals surface area contributed by atoms with Gasteiger partial charge in [0.15, 0.2) is 11.6 Å².